The Labute approximate surface area is 102 Å². The lowest BCUT2D eigenvalue weighted by atomic mass is 10.0. The van der Waals surface area contributed by atoms with Crippen LogP contribution in [0.5, 0.6) is 0 Å². The second-order valence-corrected chi connectivity index (χ2v) is 4.54. The SMILES string of the molecule is CCOC(=O)[C@@H]1C=C1COCC1CCOCC1. The molecule has 17 heavy (non-hydrogen) atoms. The van der Waals surface area contributed by atoms with Gasteiger partial charge < -0.3 is 14.2 Å². The molecule has 0 aromatic heterocycles. The predicted molar refractivity (Wildman–Crippen MR) is 62.6 cm³/mol. The number of esters is 1. The Kier molecular flexibility index (Phi) is 4.57. The molecule has 0 aromatic carbocycles. The summed E-state index contributed by atoms with van der Waals surface area (Å²) >= 11 is 0. The lowest BCUT2D eigenvalue weighted by molar-refractivity contribution is -0.144. The van der Waals surface area contributed by atoms with Crippen LogP contribution in [-0.2, 0) is 19.0 Å². The second kappa shape index (κ2) is 6.17. The topological polar surface area (TPSA) is 44.8 Å². The third-order valence-electron chi connectivity index (χ3n) is 3.17. The van der Waals surface area contributed by atoms with Gasteiger partial charge in [-0.1, -0.05) is 6.08 Å². The van der Waals surface area contributed by atoms with Gasteiger partial charge in [-0.25, -0.2) is 0 Å². The zero-order valence-electron chi connectivity index (χ0n) is 10.3. The molecule has 0 bridgehead atoms. The van der Waals surface area contributed by atoms with E-state index in [-0.39, 0.29) is 11.9 Å². The van der Waals surface area contributed by atoms with E-state index in [9.17, 15) is 4.79 Å². The van der Waals surface area contributed by atoms with Crippen molar-refractivity contribution >= 4 is 5.97 Å². The molecule has 1 aliphatic heterocycles. The molecule has 1 heterocycles. The van der Waals surface area contributed by atoms with E-state index in [0.717, 1.165) is 38.2 Å². The summed E-state index contributed by atoms with van der Waals surface area (Å²) in [5, 5.41) is 0. The van der Waals surface area contributed by atoms with Crippen LogP contribution in [0, 0.1) is 11.8 Å². The van der Waals surface area contributed by atoms with Crippen molar-refractivity contribution in [1.29, 1.82) is 0 Å². The minimum atomic E-state index is -0.142. The monoisotopic (exact) mass is 240 g/mol. The number of ether oxygens (including phenoxy) is 3. The summed E-state index contributed by atoms with van der Waals surface area (Å²) in [4.78, 5) is 11.3. The lowest BCUT2D eigenvalue weighted by Crippen LogP contribution is -2.20. The fraction of sp³-hybridized carbons (Fsp3) is 0.769. The Bertz CT molecular complexity index is 292. The molecule has 1 atom stereocenters. The molecule has 1 aliphatic carbocycles. The summed E-state index contributed by atoms with van der Waals surface area (Å²) in [5.74, 6) is 0.367. The van der Waals surface area contributed by atoms with Crippen molar-refractivity contribution in [2.45, 2.75) is 19.8 Å². The van der Waals surface area contributed by atoms with Gasteiger partial charge in [-0.2, -0.15) is 0 Å². The maximum atomic E-state index is 11.3. The van der Waals surface area contributed by atoms with Crippen LogP contribution in [0.2, 0.25) is 0 Å². The molecule has 0 amide bonds. The molecule has 4 heteroatoms. The van der Waals surface area contributed by atoms with Gasteiger partial charge >= 0.3 is 5.97 Å². The summed E-state index contributed by atoms with van der Waals surface area (Å²) in [5.41, 5.74) is 1.07. The Morgan fingerprint density at radius 1 is 1.47 bits per heavy atom. The highest BCUT2D eigenvalue weighted by atomic mass is 16.5. The molecule has 1 saturated heterocycles. The van der Waals surface area contributed by atoms with E-state index in [1.54, 1.807) is 0 Å². The summed E-state index contributed by atoms with van der Waals surface area (Å²) in [6, 6.07) is 0. The maximum Gasteiger partial charge on any atom is 0.317 e. The summed E-state index contributed by atoms with van der Waals surface area (Å²) < 4.78 is 15.8. The van der Waals surface area contributed by atoms with Crippen molar-refractivity contribution in [3.05, 3.63) is 11.6 Å². The molecule has 0 radical (unpaired) electrons. The van der Waals surface area contributed by atoms with Crippen molar-refractivity contribution in [1.82, 2.24) is 0 Å². The highest BCUT2D eigenvalue weighted by molar-refractivity contribution is 5.83. The first-order valence-electron chi connectivity index (χ1n) is 6.34. The molecule has 0 unspecified atom stereocenters. The zero-order chi connectivity index (χ0) is 12.1. The van der Waals surface area contributed by atoms with Gasteiger partial charge in [0, 0.05) is 19.8 Å². The first-order chi connectivity index (χ1) is 8.31. The first-order valence-corrected chi connectivity index (χ1v) is 6.34. The number of hydrogen-bond acceptors (Lipinski definition) is 4. The van der Waals surface area contributed by atoms with E-state index < -0.39 is 0 Å². The molecule has 0 spiro atoms. The van der Waals surface area contributed by atoms with Gasteiger partial charge in [0.05, 0.1) is 19.1 Å². The minimum absolute atomic E-state index is 0.107. The highest BCUT2D eigenvalue weighted by Gasteiger charge is 2.33. The standard InChI is InChI=1S/C13H20O4/c1-2-17-13(14)12-7-11(12)9-16-8-10-3-5-15-6-4-10/h7,10,12H,2-6,8-9H2,1H3/t12-/m1/s1. The average Bonchev–Trinajstić information content (AvgIpc) is 3.10. The van der Waals surface area contributed by atoms with Gasteiger partial charge in [-0.3, -0.25) is 4.79 Å². The van der Waals surface area contributed by atoms with Crippen molar-refractivity contribution in [2.24, 2.45) is 11.8 Å². The van der Waals surface area contributed by atoms with E-state index in [1.807, 2.05) is 13.0 Å². The van der Waals surface area contributed by atoms with E-state index >= 15 is 0 Å². The second-order valence-electron chi connectivity index (χ2n) is 4.54. The summed E-state index contributed by atoms with van der Waals surface area (Å²) in [6.07, 6.45) is 4.09. The van der Waals surface area contributed by atoms with Crippen LogP contribution in [0.15, 0.2) is 11.6 Å². The molecule has 0 saturated carbocycles. The lowest BCUT2D eigenvalue weighted by Gasteiger charge is -2.21. The van der Waals surface area contributed by atoms with Gasteiger partial charge in [0.2, 0.25) is 0 Å². The number of carbonyl (C=O) groups is 1. The smallest absolute Gasteiger partial charge is 0.317 e. The minimum Gasteiger partial charge on any atom is -0.465 e. The zero-order valence-corrected chi connectivity index (χ0v) is 10.3. The van der Waals surface area contributed by atoms with E-state index in [0.29, 0.717) is 19.1 Å². The molecule has 2 rings (SSSR count). The molecular weight excluding hydrogens is 220 g/mol. The Balaban J connectivity index is 1.55. The van der Waals surface area contributed by atoms with Crippen molar-refractivity contribution in [3.63, 3.8) is 0 Å². The van der Waals surface area contributed by atoms with Crippen molar-refractivity contribution in [2.75, 3.05) is 33.0 Å². The fourth-order valence-electron chi connectivity index (χ4n) is 2.01. The van der Waals surface area contributed by atoms with Crippen LogP contribution in [0.25, 0.3) is 0 Å². The van der Waals surface area contributed by atoms with Crippen molar-refractivity contribution < 1.29 is 19.0 Å². The van der Waals surface area contributed by atoms with Crippen LogP contribution in [0.1, 0.15) is 19.8 Å². The molecule has 0 N–H and O–H groups in total. The number of hydrogen-bond donors (Lipinski definition) is 0. The van der Waals surface area contributed by atoms with Crippen LogP contribution in [-0.4, -0.2) is 39.0 Å². The Hall–Kier alpha value is -0.870. The molecule has 1 fully saturated rings. The molecular formula is C13H20O4. The Morgan fingerprint density at radius 3 is 2.94 bits per heavy atom. The normalized spacial score (nSPS) is 24.3. The molecule has 0 aromatic rings. The fourth-order valence-corrected chi connectivity index (χ4v) is 2.01. The maximum absolute atomic E-state index is 11.3. The van der Waals surface area contributed by atoms with Crippen LogP contribution < -0.4 is 0 Å². The largest absolute Gasteiger partial charge is 0.465 e. The van der Waals surface area contributed by atoms with Gasteiger partial charge in [0.15, 0.2) is 0 Å². The highest BCUT2D eigenvalue weighted by Crippen LogP contribution is 2.30. The Morgan fingerprint density at radius 2 is 2.24 bits per heavy atom. The first kappa shape index (κ1) is 12.6. The molecule has 4 nitrogen and oxygen atoms in total. The molecule has 96 valence electrons. The quantitative estimate of drug-likeness (QED) is 0.522. The van der Waals surface area contributed by atoms with Gasteiger partial charge in [-0.15, -0.1) is 0 Å². The van der Waals surface area contributed by atoms with Gasteiger partial charge in [0.25, 0.3) is 0 Å². The average molecular weight is 240 g/mol. The van der Waals surface area contributed by atoms with E-state index in [4.69, 9.17) is 14.2 Å². The number of carbonyl (C=O) groups excluding carboxylic acids is 1. The van der Waals surface area contributed by atoms with Gasteiger partial charge in [0.1, 0.15) is 0 Å². The third-order valence-corrected chi connectivity index (χ3v) is 3.17. The van der Waals surface area contributed by atoms with Crippen LogP contribution in [0.4, 0.5) is 0 Å². The number of rotatable bonds is 6. The van der Waals surface area contributed by atoms with Crippen LogP contribution >= 0.6 is 0 Å². The third kappa shape index (κ3) is 3.82. The molecule has 2 aliphatic rings. The predicted octanol–water partition coefficient (Wildman–Crippen LogP) is 1.55. The van der Waals surface area contributed by atoms with Gasteiger partial charge in [-0.05, 0) is 31.3 Å². The van der Waals surface area contributed by atoms with Crippen molar-refractivity contribution in [3.8, 4) is 0 Å². The summed E-state index contributed by atoms with van der Waals surface area (Å²) in [6.45, 7) is 5.31. The van der Waals surface area contributed by atoms with E-state index in [2.05, 4.69) is 0 Å². The van der Waals surface area contributed by atoms with E-state index in [1.165, 1.54) is 0 Å². The van der Waals surface area contributed by atoms with Crippen LogP contribution in [0.3, 0.4) is 0 Å². The summed E-state index contributed by atoms with van der Waals surface area (Å²) in [7, 11) is 0.